The van der Waals surface area contributed by atoms with Gasteiger partial charge in [0, 0.05) is 13.2 Å². The fourth-order valence-electron chi connectivity index (χ4n) is 1.64. The summed E-state index contributed by atoms with van der Waals surface area (Å²) in [6.07, 6.45) is -2.57. The zero-order chi connectivity index (χ0) is 14.3. The summed E-state index contributed by atoms with van der Waals surface area (Å²) < 4.78 is 38.1. The Labute approximate surface area is 109 Å². The smallest absolute Gasteiger partial charge is 0.396 e. The molecule has 6 heteroatoms. The Kier molecular flexibility index (Phi) is 5.82. The molecule has 0 aliphatic rings. The molecular formula is C13H16F3NO2. The number of halogens is 3. The SMILES string of the molecule is O=C(NCCCCCO)c1ccccc1C(F)(F)F. The first kappa shape index (κ1) is 15.5. The van der Waals surface area contributed by atoms with Crippen LogP contribution in [-0.2, 0) is 6.18 Å². The quantitative estimate of drug-likeness (QED) is 0.784. The van der Waals surface area contributed by atoms with E-state index in [0.29, 0.717) is 19.4 Å². The highest BCUT2D eigenvalue weighted by Crippen LogP contribution is 2.31. The van der Waals surface area contributed by atoms with Gasteiger partial charge in [0.05, 0.1) is 11.1 Å². The van der Waals surface area contributed by atoms with Crippen molar-refractivity contribution < 1.29 is 23.1 Å². The van der Waals surface area contributed by atoms with Crippen LogP contribution < -0.4 is 5.32 Å². The molecule has 3 nitrogen and oxygen atoms in total. The maximum atomic E-state index is 12.7. The van der Waals surface area contributed by atoms with Crippen LogP contribution in [0.2, 0.25) is 0 Å². The largest absolute Gasteiger partial charge is 0.417 e. The summed E-state index contributed by atoms with van der Waals surface area (Å²) in [7, 11) is 0. The van der Waals surface area contributed by atoms with E-state index in [4.69, 9.17) is 5.11 Å². The Morgan fingerprint density at radius 2 is 1.84 bits per heavy atom. The summed E-state index contributed by atoms with van der Waals surface area (Å²) >= 11 is 0. The van der Waals surface area contributed by atoms with Crippen molar-refractivity contribution in [2.45, 2.75) is 25.4 Å². The van der Waals surface area contributed by atoms with Gasteiger partial charge >= 0.3 is 6.18 Å². The third kappa shape index (κ3) is 4.90. The van der Waals surface area contributed by atoms with Crippen molar-refractivity contribution in [3.63, 3.8) is 0 Å². The number of carbonyl (C=O) groups is 1. The van der Waals surface area contributed by atoms with E-state index in [9.17, 15) is 18.0 Å². The second-order valence-electron chi connectivity index (χ2n) is 4.08. The van der Waals surface area contributed by atoms with Crippen molar-refractivity contribution in [3.8, 4) is 0 Å². The van der Waals surface area contributed by atoms with Crippen LogP contribution in [0.4, 0.5) is 13.2 Å². The third-order valence-corrected chi connectivity index (χ3v) is 2.60. The Bertz CT molecular complexity index is 419. The molecule has 0 aromatic heterocycles. The number of carbonyl (C=O) groups excluding carboxylic acids is 1. The summed E-state index contributed by atoms with van der Waals surface area (Å²) in [6, 6.07) is 4.70. The molecule has 1 amide bonds. The lowest BCUT2D eigenvalue weighted by molar-refractivity contribution is -0.137. The minimum absolute atomic E-state index is 0.0743. The molecule has 19 heavy (non-hydrogen) atoms. The number of unbranched alkanes of at least 4 members (excludes halogenated alkanes) is 2. The van der Waals surface area contributed by atoms with Crippen LogP contribution in [0.1, 0.15) is 35.2 Å². The summed E-state index contributed by atoms with van der Waals surface area (Å²) in [4.78, 5) is 11.7. The molecule has 0 saturated carbocycles. The van der Waals surface area contributed by atoms with Crippen molar-refractivity contribution >= 4 is 5.91 Å². The van der Waals surface area contributed by atoms with Gasteiger partial charge in [0.1, 0.15) is 0 Å². The van der Waals surface area contributed by atoms with E-state index in [1.807, 2.05) is 0 Å². The molecule has 0 unspecified atom stereocenters. The van der Waals surface area contributed by atoms with Crippen molar-refractivity contribution in [1.82, 2.24) is 5.32 Å². The van der Waals surface area contributed by atoms with Gasteiger partial charge in [-0.1, -0.05) is 12.1 Å². The highest BCUT2D eigenvalue weighted by Gasteiger charge is 2.34. The molecule has 0 bridgehead atoms. The van der Waals surface area contributed by atoms with E-state index in [0.717, 1.165) is 18.6 Å². The van der Waals surface area contributed by atoms with Gasteiger partial charge in [0.15, 0.2) is 0 Å². The summed E-state index contributed by atoms with van der Waals surface area (Å²) in [5, 5.41) is 11.0. The molecule has 106 valence electrons. The number of amides is 1. The molecule has 1 rings (SSSR count). The van der Waals surface area contributed by atoms with Gasteiger partial charge in [-0.05, 0) is 31.4 Å². The van der Waals surface area contributed by atoms with Crippen LogP contribution in [0, 0.1) is 0 Å². The molecule has 0 saturated heterocycles. The van der Waals surface area contributed by atoms with E-state index < -0.39 is 17.6 Å². The lowest BCUT2D eigenvalue weighted by atomic mass is 10.1. The highest BCUT2D eigenvalue weighted by molar-refractivity contribution is 5.95. The lowest BCUT2D eigenvalue weighted by Gasteiger charge is -2.12. The van der Waals surface area contributed by atoms with Crippen LogP contribution in [0.15, 0.2) is 24.3 Å². The molecule has 0 heterocycles. The first-order chi connectivity index (χ1) is 8.96. The van der Waals surface area contributed by atoms with Gasteiger partial charge < -0.3 is 10.4 Å². The van der Waals surface area contributed by atoms with Crippen LogP contribution in [0.3, 0.4) is 0 Å². The van der Waals surface area contributed by atoms with Crippen LogP contribution in [0.25, 0.3) is 0 Å². The zero-order valence-corrected chi connectivity index (χ0v) is 10.3. The maximum Gasteiger partial charge on any atom is 0.417 e. The third-order valence-electron chi connectivity index (χ3n) is 2.60. The first-order valence-corrected chi connectivity index (χ1v) is 6.02. The van der Waals surface area contributed by atoms with Crippen LogP contribution in [0.5, 0.6) is 0 Å². The average Bonchev–Trinajstić information content (AvgIpc) is 2.37. The lowest BCUT2D eigenvalue weighted by Crippen LogP contribution is -2.27. The molecule has 0 radical (unpaired) electrons. The Morgan fingerprint density at radius 1 is 1.16 bits per heavy atom. The second kappa shape index (κ2) is 7.13. The monoisotopic (exact) mass is 275 g/mol. The standard InChI is InChI=1S/C13H16F3NO2/c14-13(15,16)11-7-3-2-6-10(11)12(19)17-8-4-1-5-9-18/h2-3,6-7,18H,1,4-5,8-9H2,(H,17,19). The number of hydrogen-bond donors (Lipinski definition) is 2. The number of hydrogen-bond acceptors (Lipinski definition) is 2. The molecular weight excluding hydrogens is 259 g/mol. The fourth-order valence-corrected chi connectivity index (χ4v) is 1.64. The number of alkyl halides is 3. The molecule has 0 aliphatic heterocycles. The van der Waals surface area contributed by atoms with E-state index in [1.54, 1.807) is 0 Å². The molecule has 0 atom stereocenters. The minimum Gasteiger partial charge on any atom is -0.396 e. The van der Waals surface area contributed by atoms with E-state index in [-0.39, 0.29) is 12.2 Å². The summed E-state index contributed by atoms with van der Waals surface area (Å²) in [6.45, 7) is 0.371. The van der Waals surface area contributed by atoms with Gasteiger partial charge in [-0.25, -0.2) is 0 Å². The molecule has 0 spiro atoms. The van der Waals surface area contributed by atoms with Crippen LogP contribution in [-0.4, -0.2) is 24.2 Å². The zero-order valence-electron chi connectivity index (χ0n) is 10.3. The van der Waals surface area contributed by atoms with Crippen molar-refractivity contribution in [2.24, 2.45) is 0 Å². The van der Waals surface area contributed by atoms with E-state index in [2.05, 4.69) is 5.32 Å². The van der Waals surface area contributed by atoms with Crippen LogP contribution >= 0.6 is 0 Å². The topological polar surface area (TPSA) is 49.3 Å². The van der Waals surface area contributed by atoms with Gasteiger partial charge in [-0.15, -0.1) is 0 Å². The number of aliphatic hydroxyl groups excluding tert-OH is 1. The Morgan fingerprint density at radius 3 is 2.47 bits per heavy atom. The van der Waals surface area contributed by atoms with E-state index in [1.165, 1.54) is 12.1 Å². The van der Waals surface area contributed by atoms with Crippen molar-refractivity contribution in [3.05, 3.63) is 35.4 Å². The molecule has 0 fully saturated rings. The normalized spacial score (nSPS) is 11.4. The molecule has 1 aromatic rings. The predicted molar refractivity (Wildman–Crippen MR) is 64.7 cm³/mol. The first-order valence-electron chi connectivity index (χ1n) is 6.02. The second-order valence-corrected chi connectivity index (χ2v) is 4.08. The van der Waals surface area contributed by atoms with Crippen molar-refractivity contribution in [1.29, 1.82) is 0 Å². The van der Waals surface area contributed by atoms with Gasteiger partial charge in [-0.2, -0.15) is 13.2 Å². The van der Waals surface area contributed by atoms with Gasteiger partial charge in [0.25, 0.3) is 5.91 Å². The summed E-state index contributed by atoms with van der Waals surface area (Å²) in [5.74, 6) is -0.725. The van der Waals surface area contributed by atoms with Gasteiger partial charge in [-0.3, -0.25) is 4.79 Å². The van der Waals surface area contributed by atoms with Gasteiger partial charge in [0.2, 0.25) is 0 Å². The Balaban J connectivity index is 2.62. The fraction of sp³-hybridized carbons (Fsp3) is 0.462. The summed E-state index contributed by atoms with van der Waals surface area (Å²) in [5.41, 5.74) is -1.29. The highest BCUT2D eigenvalue weighted by atomic mass is 19.4. The average molecular weight is 275 g/mol. The number of nitrogens with one attached hydrogen (secondary N) is 1. The van der Waals surface area contributed by atoms with E-state index >= 15 is 0 Å². The number of benzene rings is 1. The molecule has 2 N–H and O–H groups in total. The minimum atomic E-state index is -4.54. The molecule has 1 aromatic carbocycles. The predicted octanol–water partition coefficient (Wildman–Crippen LogP) is 2.60. The number of aliphatic hydroxyl groups is 1. The number of rotatable bonds is 6. The van der Waals surface area contributed by atoms with Crippen molar-refractivity contribution in [2.75, 3.05) is 13.2 Å². The Hall–Kier alpha value is -1.56. The maximum absolute atomic E-state index is 12.7. The molecule has 0 aliphatic carbocycles.